The number of fused-ring (bicyclic) bond motifs is 1. The van der Waals surface area contributed by atoms with E-state index in [-0.39, 0.29) is 30.0 Å². The number of nitrogens with zero attached hydrogens (tertiary/aromatic N) is 4. The molecule has 1 aliphatic carbocycles. The third-order valence-corrected chi connectivity index (χ3v) is 6.10. The van der Waals surface area contributed by atoms with Crippen molar-refractivity contribution in [1.82, 2.24) is 24.5 Å². The van der Waals surface area contributed by atoms with Crippen LogP contribution in [0.25, 0.3) is 5.65 Å². The maximum Gasteiger partial charge on any atom is 0.274 e. The molecule has 1 saturated carbocycles. The Morgan fingerprint density at radius 2 is 2.09 bits per heavy atom. The highest BCUT2D eigenvalue weighted by Crippen LogP contribution is 2.27. The average Bonchev–Trinajstić information content (AvgIpc) is 3.27. The van der Waals surface area contributed by atoms with Gasteiger partial charge in [-0.25, -0.2) is 4.98 Å². The number of carbonyl (C=O) groups is 1. The molecule has 0 saturated heterocycles. The quantitative estimate of drug-likeness (QED) is 0.413. The largest absolute Gasteiger partial charge is 0.396 e. The number of aliphatic hydroxyl groups is 1. The van der Waals surface area contributed by atoms with Crippen LogP contribution in [0.4, 0.5) is 17.3 Å². The van der Waals surface area contributed by atoms with E-state index in [1.807, 2.05) is 23.8 Å². The van der Waals surface area contributed by atoms with Crippen molar-refractivity contribution < 1.29 is 9.90 Å². The maximum atomic E-state index is 13.1. The zero-order valence-corrected chi connectivity index (χ0v) is 19.0. The zero-order valence-electron chi connectivity index (χ0n) is 19.0. The predicted molar refractivity (Wildman–Crippen MR) is 127 cm³/mol. The summed E-state index contributed by atoms with van der Waals surface area (Å²) < 4.78 is 3.36. The summed E-state index contributed by atoms with van der Waals surface area (Å²) in [4.78, 5) is 30.4. The van der Waals surface area contributed by atoms with Gasteiger partial charge in [0.1, 0.15) is 22.9 Å². The van der Waals surface area contributed by atoms with Crippen LogP contribution in [-0.4, -0.2) is 50.4 Å². The molecule has 176 valence electrons. The topological polar surface area (TPSA) is 126 Å². The lowest BCUT2D eigenvalue weighted by Crippen LogP contribution is -2.29. The second-order valence-electron chi connectivity index (χ2n) is 8.62. The second-order valence-corrected chi connectivity index (χ2v) is 8.62. The minimum absolute atomic E-state index is 0.0132. The summed E-state index contributed by atoms with van der Waals surface area (Å²) in [5, 5.41) is 22.5. The number of anilines is 3. The molecule has 0 aliphatic heterocycles. The minimum Gasteiger partial charge on any atom is -0.396 e. The van der Waals surface area contributed by atoms with E-state index in [9.17, 15) is 14.7 Å². The molecule has 3 aromatic heterocycles. The van der Waals surface area contributed by atoms with Gasteiger partial charge in [0.25, 0.3) is 11.5 Å². The summed E-state index contributed by atoms with van der Waals surface area (Å²) in [6.45, 7) is 2.17. The van der Waals surface area contributed by atoms with Gasteiger partial charge >= 0.3 is 0 Å². The fourth-order valence-electron chi connectivity index (χ4n) is 4.18. The number of hydrogen-bond donors (Lipinski definition) is 4. The van der Waals surface area contributed by atoms with Gasteiger partial charge in [-0.2, -0.15) is 9.61 Å². The van der Waals surface area contributed by atoms with E-state index >= 15 is 0 Å². The number of carbonyl (C=O) groups excluding carboxylic acids is 1. The SMILES string of the molecule is CNc1cc(Nc2cccn(C3CCCCC3)c2=O)nc2c(C(=O)NCC(C)CO)cnn12. The van der Waals surface area contributed by atoms with E-state index in [4.69, 9.17) is 0 Å². The van der Waals surface area contributed by atoms with Gasteiger partial charge in [0.05, 0.1) is 6.20 Å². The van der Waals surface area contributed by atoms with Crippen molar-refractivity contribution in [3.05, 3.63) is 46.5 Å². The Bertz CT molecular complexity index is 1180. The molecule has 10 heteroatoms. The first kappa shape index (κ1) is 22.8. The van der Waals surface area contributed by atoms with Crippen molar-refractivity contribution in [2.45, 2.75) is 45.1 Å². The summed E-state index contributed by atoms with van der Waals surface area (Å²) in [5.41, 5.74) is 1.03. The summed E-state index contributed by atoms with van der Waals surface area (Å²) in [6.07, 6.45) is 8.85. The van der Waals surface area contributed by atoms with Crippen molar-refractivity contribution in [1.29, 1.82) is 0 Å². The number of hydrogen-bond acceptors (Lipinski definition) is 7. The zero-order chi connectivity index (χ0) is 23.4. The van der Waals surface area contributed by atoms with E-state index in [2.05, 4.69) is 26.0 Å². The highest BCUT2D eigenvalue weighted by Gasteiger charge is 2.20. The monoisotopic (exact) mass is 453 g/mol. The summed E-state index contributed by atoms with van der Waals surface area (Å²) in [7, 11) is 1.75. The molecule has 0 spiro atoms. The van der Waals surface area contributed by atoms with Crippen LogP contribution in [0, 0.1) is 5.92 Å². The molecule has 33 heavy (non-hydrogen) atoms. The van der Waals surface area contributed by atoms with Gasteiger partial charge in [-0.1, -0.05) is 26.2 Å². The van der Waals surface area contributed by atoms with Crippen molar-refractivity contribution in [2.75, 3.05) is 30.8 Å². The fraction of sp³-hybridized carbons (Fsp3) is 0.478. The Labute approximate surface area is 192 Å². The van der Waals surface area contributed by atoms with Gasteiger partial charge in [-0.05, 0) is 30.9 Å². The number of pyridine rings is 1. The molecule has 0 aromatic carbocycles. The van der Waals surface area contributed by atoms with E-state index in [1.165, 1.54) is 12.6 Å². The lowest BCUT2D eigenvalue weighted by Gasteiger charge is -2.24. The standard InChI is InChI=1S/C23H31N7O3/c1-15(14-31)12-25-22(32)17-13-26-30-20(24-2)11-19(28-21(17)30)27-18-9-6-10-29(23(18)33)16-7-4-3-5-8-16/h6,9-11,13,15-16,24,31H,3-5,7-8,12,14H2,1-2H3,(H,25,32)(H,27,28). The lowest BCUT2D eigenvalue weighted by atomic mass is 9.95. The third kappa shape index (κ3) is 4.85. The number of rotatable bonds is 8. The highest BCUT2D eigenvalue weighted by molar-refractivity contribution is 6.00. The molecule has 0 bridgehead atoms. The van der Waals surface area contributed by atoms with Crippen LogP contribution in [0.15, 0.2) is 35.4 Å². The Morgan fingerprint density at radius 1 is 1.30 bits per heavy atom. The molecular weight excluding hydrogens is 422 g/mol. The van der Waals surface area contributed by atoms with E-state index < -0.39 is 0 Å². The van der Waals surface area contributed by atoms with Crippen LogP contribution in [0.3, 0.4) is 0 Å². The van der Waals surface area contributed by atoms with Crippen molar-refractivity contribution in [3.8, 4) is 0 Å². The molecule has 1 aliphatic rings. The number of amides is 1. The first-order valence-corrected chi connectivity index (χ1v) is 11.5. The lowest BCUT2D eigenvalue weighted by molar-refractivity contribution is 0.0943. The molecule has 1 fully saturated rings. The van der Waals surface area contributed by atoms with E-state index in [0.717, 1.165) is 25.7 Å². The normalized spacial score (nSPS) is 15.4. The molecule has 10 nitrogen and oxygen atoms in total. The van der Waals surface area contributed by atoms with Gasteiger partial charge in [0, 0.05) is 38.5 Å². The molecule has 1 atom stereocenters. The molecular formula is C23H31N7O3. The van der Waals surface area contributed by atoms with Crippen LogP contribution in [0.5, 0.6) is 0 Å². The Morgan fingerprint density at radius 3 is 2.82 bits per heavy atom. The number of nitrogens with one attached hydrogen (secondary N) is 3. The Hall–Kier alpha value is -3.40. The molecule has 4 N–H and O–H groups in total. The van der Waals surface area contributed by atoms with Crippen molar-refractivity contribution in [3.63, 3.8) is 0 Å². The van der Waals surface area contributed by atoms with Gasteiger partial charge in [-0.3, -0.25) is 9.59 Å². The van der Waals surface area contributed by atoms with Crippen molar-refractivity contribution in [2.24, 2.45) is 5.92 Å². The summed E-state index contributed by atoms with van der Waals surface area (Å²) in [6, 6.07) is 5.58. The Kier molecular flexibility index (Phi) is 6.93. The summed E-state index contributed by atoms with van der Waals surface area (Å²) in [5.74, 6) is 0.673. The Balaban J connectivity index is 1.65. The average molecular weight is 454 g/mol. The molecule has 1 amide bonds. The van der Waals surface area contributed by atoms with Gasteiger partial charge in [-0.15, -0.1) is 0 Å². The van der Waals surface area contributed by atoms with Crippen LogP contribution in [0.1, 0.15) is 55.4 Å². The van der Waals surface area contributed by atoms with E-state index in [0.29, 0.717) is 35.1 Å². The van der Waals surface area contributed by atoms with Gasteiger partial charge < -0.3 is 25.6 Å². The van der Waals surface area contributed by atoms with Gasteiger partial charge in [0.15, 0.2) is 5.65 Å². The molecule has 3 aromatic rings. The highest BCUT2D eigenvalue weighted by atomic mass is 16.3. The minimum atomic E-state index is -0.323. The maximum absolute atomic E-state index is 13.1. The molecule has 3 heterocycles. The van der Waals surface area contributed by atoms with E-state index in [1.54, 1.807) is 23.7 Å². The summed E-state index contributed by atoms with van der Waals surface area (Å²) >= 11 is 0. The smallest absolute Gasteiger partial charge is 0.274 e. The third-order valence-electron chi connectivity index (χ3n) is 6.10. The van der Waals surface area contributed by atoms with Crippen LogP contribution in [-0.2, 0) is 0 Å². The second kappa shape index (κ2) is 10.0. The number of aromatic nitrogens is 4. The molecule has 0 radical (unpaired) electrons. The fourth-order valence-corrected chi connectivity index (χ4v) is 4.18. The van der Waals surface area contributed by atoms with Crippen LogP contribution in [0.2, 0.25) is 0 Å². The van der Waals surface area contributed by atoms with Gasteiger partial charge in [0.2, 0.25) is 0 Å². The van der Waals surface area contributed by atoms with Crippen LogP contribution < -0.4 is 21.5 Å². The predicted octanol–water partition coefficient (Wildman–Crippen LogP) is 2.54. The molecule has 4 rings (SSSR count). The molecule has 1 unspecified atom stereocenters. The first-order chi connectivity index (χ1) is 16.0. The van der Waals surface area contributed by atoms with Crippen molar-refractivity contribution >= 4 is 28.9 Å². The number of aliphatic hydroxyl groups excluding tert-OH is 1. The van der Waals surface area contributed by atoms with Crippen LogP contribution >= 0.6 is 0 Å². The first-order valence-electron chi connectivity index (χ1n) is 11.5.